The van der Waals surface area contributed by atoms with E-state index in [0.29, 0.717) is 18.1 Å². The van der Waals surface area contributed by atoms with Crippen molar-refractivity contribution < 1.29 is 9.53 Å². The molecule has 0 radical (unpaired) electrons. The van der Waals surface area contributed by atoms with Gasteiger partial charge in [0.1, 0.15) is 12.1 Å². The highest BCUT2D eigenvalue weighted by molar-refractivity contribution is 5.96. The summed E-state index contributed by atoms with van der Waals surface area (Å²) in [5.74, 6) is 1.44. The second-order valence-electron chi connectivity index (χ2n) is 6.41. The van der Waals surface area contributed by atoms with E-state index >= 15 is 0 Å². The van der Waals surface area contributed by atoms with E-state index in [9.17, 15) is 4.79 Å². The van der Waals surface area contributed by atoms with Gasteiger partial charge in [0, 0.05) is 29.3 Å². The minimum atomic E-state index is 0.0209. The van der Waals surface area contributed by atoms with Gasteiger partial charge in [0.25, 0.3) is 0 Å². The SMILES string of the molecule is CC(=O)c1ccc2c(c1)-c1nn(-c3ncnn3C(C)C)cc1CCO2. The Hall–Kier alpha value is -2.96. The minimum Gasteiger partial charge on any atom is -0.493 e. The molecule has 0 atom stereocenters. The van der Waals surface area contributed by atoms with Crippen molar-refractivity contribution in [1.82, 2.24) is 24.5 Å². The fraction of sp³-hybridized carbons (Fsp3) is 0.333. The van der Waals surface area contributed by atoms with Crippen LogP contribution in [-0.2, 0) is 6.42 Å². The molecule has 0 N–H and O–H groups in total. The van der Waals surface area contributed by atoms with Crippen LogP contribution in [0.4, 0.5) is 0 Å². The number of benzene rings is 1. The van der Waals surface area contributed by atoms with Crippen LogP contribution in [0.15, 0.2) is 30.7 Å². The maximum Gasteiger partial charge on any atom is 0.249 e. The van der Waals surface area contributed by atoms with Crippen molar-refractivity contribution in [3.05, 3.63) is 41.9 Å². The number of nitrogens with zero attached hydrogens (tertiary/aromatic N) is 5. The topological polar surface area (TPSA) is 74.8 Å². The molecular weight excluding hydrogens is 318 g/mol. The normalized spacial score (nSPS) is 13.1. The lowest BCUT2D eigenvalue weighted by atomic mass is 10.0. The van der Waals surface area contributed by atoms with Crippen LogP contribution in [0.1, 0.15) is 42.7 Å². The van der Waals surface area contributed by atoms with Gasteiger partial charge in [0.15, 0.2) is 5.78 Å². The summed E-state index contributed by atoms with van der Waals surface area (Å²) in [6.45, 7) is 6.23. The molecule has 0 amide bonds. The van der Waals surface area contributed by atoms with Gasteiger partial charge in [-0.1, -0.05) is 0 Å². The third-order valence-corrected chi connectivity index (χ3v) is 4.31. The molecule has 0 bridgehead atoms. The number of ketones is 1. The number of hydrogen-bond acceptors (Lipinski definition) is 5. The fourth-order valence-corrected chi connectivity index (χ4v) is 3.02. The summed E-state index contributed by atoms with van der Waals surface area (Å²) in [5, 5.41) is 9.01. The fourth-order valence-electron chi connectivity index (χ4n) is 3.02. The van der Waals surface area contributed by atoms with Crippen LogP contribution in [0.5, 0.6) is 5.75 Å². The van der Waals surface area contributed by atoms with Crippen molar-refractivity contribution in [2.75, 3.05) is 6.61 Å². The van der Waals surface area contributed by atoms with Crippen molar-refractivity contribution in [2.45, 2.75) is 33.2 Å². The van der Waals surface area contributed by atoms with Crippen molar-refractivity contribution in [2.24, 2.45) is 0 Å². The second-order valence-corrected chi connectivity index (χ2v) is 6.41. The van der Waals surface area contributed by atoms with E-state index in [4.69, 9.17) is 9.84 Å². The van der Waals surface area contributed by atoms with E-state index in [2.05, 4.69) is 23.9 Å². The Morgan fingerprint density at radius 2 is 2.16 bits per heavy atom. The van der Waals surface area contributed by atoms with Crippen LogP contribution in [0, 0.1) is 0 Å². The van der Waals surface area contributed by atoms with Crippen molar-refractivity contribution in [3.63, 3.8) is 0 Å². The Bertz CT molecular complexity index is 954. The van der Waals surface area contributed by atoms with Crippen LogP contribution in [0.3, 0.4) is 0 Å². The quantitative estimate of drug-likeness (QED) is 0.687. The summed E-state index contributed by atoms with van der Waals surface area (Å²) in [5.41, 5.74) is 3.39. The lowest BCUT2D eigenvalue weighted by molar-refractivity contribution is 0.101. The monoisotopic (exact) mass is 337 g/mol. The minimum absolute atomic E-state index is 0.0209. The highest BCUT2D eigenvalue weighted by Crippen LogP contribution is 2.35. The average Bonchev–Trinajstić information content (AvgIpc) is 3.18. The summed E-state index contributed by atoms with van der Waals surface area (Å²) < 4.78 is 9.41. The van der Waals surface area contributed by atoms with E-state index in [1.165, 1.54) is 6.33 Å². The number of Topliss-reactive ketones (excluding diaryl/α,β-unsaturated/α-hetero) is 1. The van der Waals surface area contributed by atoms with E-state index < -0.39 is 0 Å². The first-order chi connectivity index (χ1) is 12.0. The van der Waals surface area contributed by atoms with E-state index in [1.54, 1.807) is 17.7 Å². The average molecular weight is 337 g/mol. The second kappa shape index (κ2) is 5.84. The van der Waals surface area contributed by atoms with Gasteiger partial charge >= 0.3 is 0 Å². The van der Waals surface area contributed by atoms with Gasteiger partial charge in [-0.3, -0.25) is 4.79 Å². The molecule has 7 heteroatoms. The first kappa shape index (κ1) is 15.6. The number of rotatable bonds is 3. The standard InChI is InChI=1S/C18H19N5O2/c1-11(2)23-18(19-10-20-23)22-9-14-6-7-25-16-5-4-13(12(3)24)8-15(16)17(14)21-22/h4-5,8-11H,6-7H2,1-3H3. The maximum absolute atomic E-state index is 11.8. The zero-order valence-electron chi connectivity index (χ0n) is 14.4. The summed E-state index contributed by atoms with van der Waals surface area (Å²) in [6, 6.07) is 5.67. The molecule has 3 heterocycles. The first-order valence-electron chi connectivity index (χ1n) is 8.31. The predicted octanol–water partition coefficient (Wildman–Crippen LogP) is 2.85. The van der Waals surface area contributed by atoms with Gasteiger partial charge in [-0.25, -0.2) is 9.36 Å². The molecule has 0 unspecified atom stereocenters. The van der Waals surface area contributed by atoms with Gasteiger partial charge in [-0.2, -0.15) is 15.2 Å². The summed E-state index contributed by atoms with van der Waals surface area (Å²) in [4.78, 5) is 16.1. The highest BCUT2D eigenvalue weighted by atomic mass is 16.5. The molecule has 1 aliphatic rings. The number of hydrogen-bond donors (Lipinski definition) is 0. The largest absolute Gasteiger partial charge is 0.493 e. The molecule has 0 spiro atoms. The van der Waals surface area contributed by atoms with Crippen molar-refractivity contribution in [3.8, 4) is 23.0 Å². The number of fused-ring (bicyclic) bond motifs is 3. The molecule has 4 rings (SSSR count). The van der Waals surface area contributed by atoms with Gasteiger partial charge in [0.2, 0.25) is 5.95 Å². The Balaban J connectivity index is 1.87. The lowest BCUT2D eigenvalue weighted by Gasteiger charge is -2.10. The number of ether oxygens (including phenoxy) is 1. The Morgan fingerprint density at radius 1 is 1.32 bits per heavy atom. The van der Waals surface area contributed by atoms with Crippen LogP contribution in [-0.4, -0.2) is 36.9 Å². The smallest absolute Gasteiger partial charge is 0.249 e. The molecule has 0 fully saturated rings. The molecule has 0 aliphatic carbocycles. The predicted molar refractivity (Wildman–Crippen MR) is 92.2 cm³/mol. The Morgan fingerprint density at radius 3 is 2.92 bits per heavy atom. The summed E-state index contributed by atoms with van der Waals surface area (Å²) in [7, 11) is 0. The van der Waals surface area contributed by atoms with Crippen molar-refractivity contribution in [1.29, 1.82) is 0 Å². The molecule has 2 aromatic heterocycles. The molecule has 1 aliphatic heterocycles. The molecule has 0 saturated carbocycles. The number of carbonyl (C=O) groups excluding carboxylic acids is 1. The molecule has 25 heavy (non-hydrogen) atoms. The van der Waals surface area contributed by atoms with Gasteiger partial charge in [-0.15, -0.1) is 0 Å². The third kappa shape index (κ3) is 2.61. The molecule has 128 valence electrons. The van der Waals surface area contributed by atoms with Crippen molar-refractivity contribution >= 4 is 5.78 Å². The van der Waals surface area contributed by atoms with Gasteiger partial charge in [0.05, 0.1) is 18.3 Å². The third-order valence-electron chi connectivity index (χ3n) is 4.31. The summed E-state index contributed by atoms with van der Waals surface area (Å²) >= 11 is 0. The van der Waals surface area contributed by atoms with E-state index in [0.717, 1.165) is 29.0 Å². The molecular formula is C18H19N5O2. The highest BCUT2D eigenvalue weighted by Gasteiger charge is 2.22. The van der Waals surface area contributed by atoms with Gasteiger partial charge < -0.3 is 4.74 Å². The zero-order chi connectivity index (χ0) is 17.6. The zero-order valence-corrected chi connectivity index (χ0v) is 14.4. The molecule has 1 aromatic carbocycles. The number of aromatic nitrogens is 5. The molecule has 7 nitrogen and oxygen atoms in total. The molecule has 3 aromatic rings. The molecule has 0 saturated heterocycles. The Labute approximate surface area is 145 Å². The summed E-state index contributed by atoms with van der Waals surface area (Å²) in [6.07, 6.45) is 4.25. The first-order valence-corrected chi connectivity index (χ1v) is 8.31. The van der Waals surface area contributed by atoms with Crippen LogP contribution in [0.25, 0.3) is 17.2 Å². The Kier molecular flexibility index (Phi) is 3.63. The maximum atomic E-state index is 11.8. The lowest BCUT2D eigenvalue weighted by Crippen LogP contribution is -2.11. The van der Waals surface area contributed by atoms with Gasteiger partial charge in [-0.05, 0) is 39.0 Å². The van der Waals surface area contributed by atoms with Crippen LogP contribution >= 0.6 is 0 Å². The number of carbonyl (C=O) groups is 1. The van der Waals surface area contributed by atoms with Crippen LogP contribution < -0.4 is 4.74 Å². The van der Waals surface area contributed by atoms with Crippen LogP contribution in [0.2, 0.25) is 0 Å². The van der Waals surface area contributed by atoms with E-state index in [-0.39, 0.29) is 11.8 Å². The van der Waals surface area contributed by atoms with E-state index in [1.807, 2.05) is 23.0 Å².